The van der Waals surface area contributed by atoms with Crippen molar-refractivity contribution in [3.8, 4) is 5.75 Å². The monoisotopic (exact) mass is 432 g/mol. The molecule has 1 aliphatic rings. The Kier molecular flexibility index (Phi) is 6.30. The molecule has 2 N–H and O–H groups in total. The lowest BCUT2D eigenvalue weighted by Gasteiger charge is -2.13. The average Bonchev–Trinajstić information content (AvgIpc) is 3.16. The molecule has 3 aromatic rings. The van der Waals surface area contributed by atoms with Gasteiger partial charge in [0.15, 0.2) is 5.76 Å². The van der Waals surface area contributed by atoms with Crippen LogP contribution in [0.5, 0.6) is 5.75 Å². The van der Waals surface area contributed by atoms with Crippen molar-refractivity contribution in [3.05, 3.63) is 77.0 Å². The summed E-state index contributed by atoms with van der Waals surface area (Å²) in [6.07, 6.45) is 3.73. The van der Waals surface area contributed by atoms with Gasteiger partial charge in [-0.2, -0.15) is 5.10 Å². The molecule has 0 fully saturated rings. The van der Waals surface area contributed by atoms with E-state index in [4.69, 9.17) is 9.15 Å². The van der Waals surface area contributed by atoms with Gasteiger partial charge in [0, 0.05) is 23.7 Å². The third kappa shape index (κ3) is 4.39. The molecule has 0 radical (unpaired) electrons. The molecule has 0 atom stereocenters. The van der Waals surface area contributed by atoms with Crippen LogP contribution in [0.1, 0.15) is 57.7 Å². The van der Waals surface area contributed by atoms with Crippen molar-refractivity contribution >= 4 is 23.2 Å². The number of furan rings is 1. The van der Waals surface area contributed by atoms with Crippen LogP contribution < -0.4 is 15.5 Å². The number of carbonyl (C=O) groups excluding carboxylic acids is 2. The summed E-state index contributed by atoms with van der Waals surface area (Å²) in [7, 11) is 0. The van der Waals surface area contributed by atoms with Crippen molar-refractivity contribution in [2.75, 3.05) is 11.9 Å². The molecule has 2 aromatic heterocycles. The van der Waals surface area contributed by atoms with Crippen LogP contribution in [0.2, 0.25) is 0 Å². The van der Waals surface area contributed by atoms with Crippen LogP contribution in [0.3, 0.4) is 0 Å². The Bertz CT molecular complexity index is 1170. The summed E-state index contributed by atoms with van der Waals surface area (Å²) < 4.78 is 11.5. The van der Waals surface area contributed by atoms with E-state index in [1.165, 1.54) is 0 Å². The number of carbonyl (C=O) groups is 2. The number of nitrogens with zero attached hydrogens (tertiary/aromatic N) is 2. The summed E-state index contributed by atoms with van der Waals surface area (Å²) in [6.45, 7) is 4.20. The van der Waals surface area contributed by atoms with Crippen molar-refractivity contribution < 1.29 is 18.7 Å². The molecule has 2 amide bonds. The van der Waals surface area contributed by atoms with Gasteiger partial charge in [-0.1, -0.05) is 18.2 Å². The number of para-hydroxylation sites is 2. The lowest BCUT2D eigenvalue weighted by molar-refractivity contribution is 0.0948. The molecule has 0 saturated carbocycles. The quantitative estimate of drug-likeness (QED) is 0.571. The Labute approximate surface area is 185 Å². The van der Waals surface area contributed by atoms with Crippen molar-refractivity contribution in [2.45, 2.75) is 33.1 Å². The molecule has 4 rings (SSSR count). The molecule has 164 valence electrons. The van der Waals surface area contributed by atoms with E-state index in [9.17, 15) is 9.59 Å². The van der Waals surface area contributed by atoms with Gasteiger partial charge in [-0.3, -0.25) is 14.6 Å². The standard InChI is InChI=1S/C24H24N4O4/c1-3-31-19-12-5-4-9-16(19)26-24(30)22-15(2)21-17(11-8-13-20(21)32-22)27-28-23(29)18-10-6-7-14-25-18/h4-7,9-10,12,14H,3,8,11,13H2,1-2H3,(H,26,30)(H,28,29)/b27-17+. The third-order valence-corrected chi connectivity index (χ3v) is 5.16. The molecule has 8 nitrogen and oxygen atoms in total. The van der Waals surface area contributed by atoms with E-state index in [-0.39, 0.29) is 17.4 Å². The number of benzene rings is 1. The largest absolute Gasteiger partial charge is 0.492 e. The Balaban J connectivity index is 1.57. The Morgan fingerprint density at radius 3 is 2.72 bits per heavy atom. The highest BCUT2D eigenvalue weighted by atomic mass is 16.5. The van der Waals surface area contributed by atoms with Crippen molar-refractivity contribution in [2.24, 2.45) is 5.10 Å². The molecule has 1 aromatic carbocycles. The first-order chi connectivity index (χ1) is 15.6. The van der Waals surface area contributed by atoms with Crippen LogP contribution >= 0.6 is 0 Å². The summed E-state index contributed by atoms with van der Waals surface area (Å²) in [5, 5.41) is 7.19. The molecule has 0 bridgehead atoms. The first-order valence-electron chi connectivity index (χ1n) is 10.5. The zero-order chi connectivity index (χ0) is 22.5. The number of anilines is 1. The van der Waals surface area contributed by atoms with Crippen molar-refractivity contribution in [1.29, 1.82) is 0 Å². The van der Waals surface area contributed by atoms with Gasteiger partial charge in [0.2, 0.25) is 0 Å². The topological polar surface area (TPSA) is 106 Å². The van der Waals surface area contributed by atoms with Gasteiger partial charge in [0.1, 0.15) is 17.2 Å². The maximum Gasteiger partial charge on any atom is 0.291 e. The number of ether oxygens (including phenoxy) is 1. The minimum atomic E-state index is -0.392. The van der Waals surface area contributed by atoms with Crippen LogP contribution in [0.15, 0.2) is 58.2 Å². The summed E-state index contributed by atoms with van der Waals surface area (Å²) in [4.78, 5) is 29.3. The smallest absolute Gasteiger partial charge is 0.291 e. The molecule has 0 aliphatic heterocycles. The Morgan fingerprint density at radius 2 is 1.94 bits per heavy atom. The van der Waals surface area contributed by atoms with Gasteiger partial charge in [-0.05, 0) is 51.0 Å². The van der Waals surface area contributed by atoms with Crippen LogP contribution in [0, 0.1) is 6.92 Å². The number of hydrazone groups is 1. The molecule has 8 heteroatoms. The van der Waals surface area contributed by atoms with E-state index < -0.39 is 5.91 Å². The summed E-state index contributed by atoms with van der Waals surface area (Å²) >= 11 is 0. The number of fused-ring (bicyclic) bond motifs is 1. The highest BCUT2D eigenvalue weighted by Gasteiger charge is 2.28. The first kappa shape index (κ1) is 21.3. The second-order valence-corrected chi connectivity index (χ2v) is 7.31. The van der Waals surface area contributed by atoms with E-state index in [1.807, 2.05) is 26.0 Å². The predicted octanol–water partition coefficient (Wildman–Crippen LogP) is 4.10. The number of pyridine rings is 1. The van der Waals surface area contributed by atoms with E-state index >= 15 is 0 Å². The highest BCUT2D eigenvalue weighted by Crippen LogP contribution is 2.31. The lowest BCUT2D eigenvalue weighted by Crippen LogP contribution is -2.22. The van der Waals surface area contributed by atoms with Crippen LogP contribution in [-0.4, -0.2) is 29.1 Å². The number of nitrogens with one attached hydrogen (secondary N) is 2. The molecular formula is C24H24N4O4. The summed E-state index contributed by atoms with van der Waals surface area (Å²) in [5.41, 5.74) is 5.58. The van der Waals surface area contributed by atoms with Gasteiger partial charge < -0.3 is 14.5 Å². The minimum Gasteiger partial charge on any atom is -0.492 e. The van der Waals surface area contributed by atoms with Gasteiger partial charge in [-0.15, -0.1) is 0 Å². The molecular weight excluding hydrogens is 408 g/mol. The fourth-order valence-electron chi connectivity index (χ4n) is 3.70. The number of hydrogen-bond donors (Lipinski definition) is 2. The van der Waals surface area contributed by atoms with Gasteiger partial charge >= 0.3 is 0 Å². The van der Waals surface area contributed by atoms with Crippen LogP contribution in [0.25, 0.3) is 0 Å². The van der Waals surface area contributed by atoms with Crippen LogP contribution in [-0.2, 0) is 6.42 Å². The second-order valence-electron chi connectivity index (χ2n) is 7.31. The first-order valence-corrected chi connectivity index (χ1v) is 10.5. The molecule has 0 saturated heterocycles. The van der Waals surface area contributed by atoms with Gasteiger partial charge in [-0.25, -0.2) is 5.43 Å². The Hall–Kier alpha value is -3.94. The van der Waals surface area contributed by atoms with Crippen molar-refractivity contribution in [1.82, 2.24) is 10.4 Å². The number of amides is 2. The molecule has 0 unspecified atom stereocenters. The molecule has 32 heavy (non-hydrogen) atoms. The van der Waals surface area contributed by atoms with E-state index in [0.29, 0.717) is 47.9 Å². The summed E-state index contributed by atoms with van der Waals surface area (Å²) in [6, 6.07) is 12.3. The molecule has 2 heterocycles. The third-order valence-electron chi connectivity index (χ3n) is 5.16. The van der Waals surface area contributed by atoms with Crippen molar-refractivity contribution in [3.63, 3.8) is 0 Å². The normalized spacial score (nSPS) is 14.0. The van der Waals surface area contributed by atoms with E-state index in [0.717, 1.165) is 12.0 Å². The zero-order valence-electron chi connectivity index (χ0n) is 18.0. The van der Waals surface area contributed by atoms with Gasteiger partial charge in [0.25, 0.3) is 11.8 Å². The Morgan fingerprint density at radius 1 is 1.12 bits per heavy atom. The second kappa shape index (κ2) is 9.47. The fourth-order valence-corrected chi connectivity index (χ4v) is 3.70. The maximum atomic E-state index is 13.0. The predicted molar refractivity (Wildman–Crippen MR) is 120 cm³/mol. The number of rotatable bonds is 6. The highest BCUT2D eigenvalue weighted by molar-refractivity contribution is 6.09. The van der Waals surface area contributed by atoms with E-state index in [1.54, 1.807) is 36.5 Å². The fraction of sp³-hybridized carbons (Fsp3) is 0.250. The molecule has 1 aliphatic carbocycles. The SMILES string of the molecule is CCOc1ccccc1NC(=O)c1oc2c(c1C)/C(=N/NC(=O)c1ccccn1)CCC2. The average molecular weight is 432 g/mol. The van der Waals surface area contributed by atoms with E-state index in [2.05, 4.69) is 20.8 Å². The maximum absolute atomic E-state index is 13.0. The van der Waals surface area contributed by atoms with Gasteiger partial charge in [0.05, 0.1) is 18.0 Å². The lowest BCUT2D eigenvalue weighted by atomic mass is 9.93. The minimum absolute atomic E-state index is 0.229. The number of aryl methyl sites for hydroxylation is 1. The summed E-state index contributed by atoms with van der Waals surface area (Å²) in [5.74, 6) is 0.768. The number of hydrogen-bond acceptors (Lipinski definition) is 6. The van der Waals surface area contributed by atoms with Crippen LogP contribution in [0.4, 0.5) is 5.69 Å². The molecule has 0 spiro atoms. The zero-order valence-corrected chi connectivity index (χ0v) is 18.0. The number of aromatic nitrogens is 1.